The van der Waals surface area contributed by atoms with E-state index >= 15 is 0 Å². The minimum absolute atomic E-state index is 0.398. The van der Waals surface area contributed by atoms with Gasteiger partial charge in [0, 0.05) is 5.41 Å². The number of halogens is 3. The summed E-state index contributed by atoms with van der Waals surface area (Å²) in [5.41, 5.74) is 0. The van der Waals surface area contributed by atoms with Crippen LogP contribution in [0.2, 0.25) is 0 Å². The van der Waals surface area contributed by atoms with Crippen LogP contribution < -0.4 is 0 Å². The van der Waals surface area contributed by atoms with Gasteiger partial charge in [-0.05, 0) is 0 Å². The molecule has 0 rings (SSSR count). The Labute approximate surface area is 49.5 Å². The topological polar surface area (TPSA) is 9.23 Å². The van der Waals surface area contributed by atoms with Gasteiger partial charge in [0.25, 0.3) is 0 Å². The molecular weight excluding hydrogens is 141 g/mol. The van der Waals surface area contributed by atoms with E-state index in [-0.39, 0.29) is 0 Å². The Bertz CT molecular complexity index is 87.0. The van der Waals surface area contributed by atoms with Crippen molar-refractivity contribution in [3.8, 4) is 0 Å². The average Bonchev–Trinajstić information content (AvgIpc) is 1.59. The number of ether oxygens (including phenoxy) is 1. The third-order valence-corrected chi connectivity index (χ3v) is 0.368. The second kappa shape index (κ2) is 2.76. The average molecular weight is 143 g/mol. The summed E-state index contributed by atoms with van der Waals surface area (Å²) in [6, 6.07) is 0. The zero-order chi connectivity index (χ0) is 6.62. The Kier molecular flexibility index (Phi) is 2.60. The second-order valence-electron chi connectivity index (χ2n) is 0.836. The third kappa shape index (κ3) is 5.55. The molecule has 0 aliphatic rings. The van der Waals surface area contributed by atoms with Crippen molar-refractivity contribution in [2.24, 2.45) is 0 Å². The van der Waals surface area contributed by atoms with E-state index in [1.54, 1.807) is 0 Å². The fourth-order valence-electron chi connectivity index (χ4n) is 0.105. The van der Waals surface area contributed by atoms with Crippen molar-refractivity contribution in [2.75, 3.05) is 0 Å². The lowest BCUT2D eigenvalue weighted by Gasteiger charge is -2.00. The Morgan fingerprint density at radius 2 is 1.88 bits per heavy atom. The van der Waals surface area contributed by atoms with Gasteiger partial charge in [-0.2, -0.15) is 0 Å². The summed E-state index contributed by atoms with van der Waals surface area (Å²) < 4.78 is 35.9. The first-order valence-electron chi connectivity index (χ1n) is 1.58. The lowest BCUT2D eigenvalue weighted by Crippen LogP contribution is -2.07. The lowest BCUT2D eigenvalue weighted by molar-refractivity contribution is -0.298. The van der Waals surface area contributed by atoms with Crippen LogP contribution in [0.3, 0.4) is 0 Å². The van der Waals surface area contributed by atoms with Crippen LogP contribution in [0.25, 0.3) is 0 Å². The molecule has 5 heteroatoms. The summed E-state index contributed by atoms with van der Waals surface area (Å²) in [6.07, 6.45) is -4.20. The van der Waals surface area contributed by atoms with E-state index in [0.29, 0.717) is 6.26 Å². The molecule has 0 spiro atoms. The van der Waals surface area contributed by atoms with Crippen molar-refractivity contribution in [1.29, 1.82) is 0 Å². The van der Waals surface area contributed by atoms with Gasteiger partial charge in [0.15, 0.2) is 0 Å². The second-order valence-corrected chi connectivity index (χ2v) is 1.11. The quantitative estimate of drug-likeness (QED) is 0.511. The maximum absolute atomic E-state index is 10.9. The minimum Gasteiger partial charge on any atom is -0.413 e. The van der Waals surface area contributed by atoms with Crippen LogP contribution in [0.15, 0.2) is 11.7 Å². The lowest BCUT2D eigenvalue weighted by atomic mass is 11.1. The smallest absolute Gasteiger partial charge is 0.413 e. The van der Waals surface area contributed by atoms with Crippen LogP contribution >= 0.6 is 12.6 Å². The van der Waals surface area contributed by atoms with Gasteiger partial charge >= 0.3 is 6.36 Å². The van der Waals surface area contributed by atoms with Crippen LogP contribution in [0, 0.1) is 0 Å². The molecule has 0 saturated heterocycles. The maximum atomic E-state index is 10.9. The van der Waals surface area contributed by atoms with Crippen molar-refractivity contribution in [3.63, 3.8) is 0 Å². The number of hydrogen-bond donors (Lipinski definition) is 0. The van der Waals surface area contributed by atoms with Gasteiger partial charge < -0.3 is 4.74 Å². The first kappa shape index (κ1) is 7.55. The SMILES string of the molecule is FC(F)(F)OC=C[S]. The van der Waals surface area contributed by atoms with E-state index in [4.69, 9.17) is 0 Å². The number of alkyl halides is 3. The van der Waals surface area contributed by atoms with Crippen molar-refractivity contribution >= 4 is 12.6 Å². The van der Waals surface area contributed by atoms with E-state index < -0.39 is 6.36 Å². The molecule has 0 unspecified atom stereocenters. The highest BCUT2D eigenvalue weighted by atomic mass is 32.1. The van der Waals surface area contributed by atoms with Crippen molar-refractivity contribution < 1.29 is 17.9 Å². The molecule has 0 aromatic rings. The van der Waals surface area contributed by atoms with Gasteiger partial charge in [-0.3, -0.25) is 0 Å². The molecule has 0 aliphatic heterocycles. The van der Waals surface area contributed by atoms with Gasteiger partial charge in [-0.25, -0.2) is 0 Å². The Balaban J connectivity index is 3.39. The molecular formula is C3H2F3OS. The zero-order valence-corrected chi connectivity index (χ0v) is 4.42. The summed E-state index contributed by atoms with van der Waals surface area (Å²) in [4.78, 5) is 0. The molecule has 0 atom stereocenters. The molecule has 1 nitrogen and oxygen atoms in total. The van der Waals surface area contributed by atoms with Gasteiger partial charge in [-0.1, -0.05) is 12.6 Å². The Hall–Kier alpha value is -0.450. The molecule has 0 bridgehead atoms. The van der Waals surface area contributed by atoms with Crippen LogP contribution in [-0.2, 0) is 4.74 Å². The summed E-state index contributed by atoms with van der Waals surface area (Å²) in [6.45, 7) is 0. The largest absolute Gasteiger partial charge is 0.572 e. The van der Waals surface area contributed by atoms with E-state index in [1.807, 2.05) is 0 Å². The van der Waals surface area contributed by atoms with E-state index in [9.17, 15) is 13.2 Å². The van der Waals surface area contributed by atoms with Gasteiger partial charge in [0.1, 0.15) is 6.26 Å². The van der Waals surface area contributed by atoms with Crippen molar-refractivity contribution in [2.45, 2.75) is 6.36 Å². The summed E-state index contributed by atoms with van der Waals surface area (Å²) in [5.74, 6) is 0. The van der Waals surface area contributed by atoms with Crippen LogP contribution in [0.1, 0.15) is 0 Å². The van der Waals surface area contributed by atoms with Crippen LogP contribution in [0.4, 0.5) is 13.2 Å². The van der Waals surface area contributed by atoms with E-state index in [0.717, 1.165) is 5.41 Å². The van der Waals surface area contributed by atoms with Crippen LogP contribution in [0.5, 0.6) is 0 Å². The molecule has 0 aromatic heterocycles. The summed E-state index contributed by atoms with van der Waals surface area (Å²) >= 11 is 4.01. The van der Waals surface area contributed by atoms with Crippen LogP contribution in [-0.4, -0.2) is 6.36 Å². The number of rotatable bonds is 1. The predicted octanol–water partition coefficient (Wildman–Crippen LogP) is 2.19. The summed E-state index contributed by atoms with van der Waals surface area (Å²) in [5, 5.41) is 0.744. The summed E-state index contributed by atoms with van der Waals surface area (Å²) in [7, 11) is 0. The maximum Gasteiger partial charge on any atom is 0.572 e. The molecule has 0 amide bonds. The van der Waals surface area contributed by atoms with Crippen molar-refractivity contribution in [1.82, 2.24) is 0 Å². The highest BCUT2D eigenvalue weighted by Gasteiger charge is 2.28. The number of hydrogen-bond acceptors (Lipinski definition) is 1. The molecule has 0 saturated carbocycles. The van der Waals surface area contributed by atoms with E-state index in [2.05, 4.69) is 17.4 Å². The normalized spacial score (nSPS) is 12.4. The van der Waals surface area contributed by atoms with Gasteiger partial charge in [0.2, 0.25) is 0 Å². The van der Waals surface area contributed by atoms with Gasteiger partial charge in [-0.15, -0.1) is 13.2 Å². The Morgan fingerprint density at radius 1 is 1.38 bits per heavy atom. The van der Waals surface area contributed by atoms with Gasteiger partial charge in [0.05, 0.1) is 0 Å². The molecule has 47 valence electrons. The predicted molar refractivity (Wildman–Crippen MR) is 23.9 cm³/mol. The molecule has 0 fully saturated rings. The molecule has 0 N–H and O–H groups in total. The molecule has 1 radical (unpaired) electrons. The third-order valence-electron chi connectivity index (χ3n) is 0.257. The first-order chi connectivity index (χ1) is 3.56. The highest BCUT2D eigenvalue weighted by molar-refractivity contribution is 7.83. The first-order valence-corrected chi connectivity index (χ1v) is 2.05. The Morgan fingerprint density at radius 3 is 2.00 bits per heavy atom. The van der Waals surface area contributed by atoms with E-state index in [1.165, 1.54) is 0 Å². The standard InChI is InChI=1S/C3H2F3OS/c4-3(5,6)7-1-2-8/h1-2H. The zero-order valence-electron chi connectivity index (χ0n) is 3.61. The highest BCUT2D eigenvalue weighted by Crippen LogP contribution is 2.15. The fourth-order valence-corrected chi connectivity index (χ4v) is 0.160. The molecule has 0 heterocycles. The fraction of sp³-hybridized carbons (Fsp3) is 0.333. The van der Waals surface area contributed by atoms with Crippen molar-refractivity contribution in [3.05, 3.63) is 11.7 Å². The minimum atomic E-state index is -4.60. The molecule has 0 aromatic carbocycles. The molecule has 0 aliphatic carbocycles. The molecule has 8 heavy (non-hydrogen) atoms. The monoisotopic (exact) mass is 143 g/mol.